The van der Waals surface area contributed by atoms with Crippen LogP contribution in [0.4, 0.5) is 17.1 Å². The second kappa shape index (κ2) is 5.93. The van der Waals surface area contributed by atoms with Crippen molar-refractivity contribution in [3.8, 4) is 0 Å². The Bertz CT molecular complexity index is 537. The van der Waals surface area contributed by atoms with Gasteiger partial charge >= 0.3 is 0 Å². The number of fused-ring (bicyclic) bond motifs is 1. The number of nitrogens with zero attached hydrogens (tertiary/aromatic N) is 1. The molecule has 114 valence electrons. The van der Waals surface area contributed by atoms with E-state index in [4.69, 9.17) is 10.5 Å². The van der Waals surface area contributed by atoms with E-state index < -0.39 is 0 Å². The summed E-state index contributed by atoms with van der Waals surface area (Å²) in [5.74, 6) is 0.736. The van der Waals surface area contributed by atoms with E-state index in [0.717, 1.165) is 56.0 Å². The molecule has 3 rings (SSSR count). The zero-order valence-electron chi connectivity index (χ0n) is 12.5. The van der Waals surface area contributed by atoms with E-state index in [1.165, 1.54) is 5.56 Å². The first-order valence-corrected chi connectivity index (χ1v) is 7.63. The van der Waals surface area contributed by atoms with Crippen LogP contribution >= 0.6 is 0 Å². The van der Waals surface area contributed by atoms with Gasteiger partial charge in [-0.3, -0.25) is 4.79 Å². The molecule has 5 heteroatoms. The fourth-order valence-electron chi connectivity index (χ4n) is 3.28. The van der Waals surface area contributed by atoms with E-state index >= 15 is 0 Å². The van der Waals surface area contributed by atoms with Crippen molar-refractivity contribution < 1.29 is 9.53 Å². The van der Waals surface area contributed by atoms with Crippen molar-refractivity contribution in [1.82, 2.24) is 0 Å². The molecule has 5 nitrogen and oxygen atoms in total. The minimum Gasteiger partial charge on any atom is -0.397 e. The summed E-state index contributed by atoms with van der Waals surface area (Å²) < 4.78 is 5.25. The van der Waals surface area contributed by atoms with Crippen molar-refractivity contribution in [3.63, 3.8) is 0 Å². The average molecular weight is 289 g/mol. The second-order valence-electron chi connectivity index (χ2n) is 6.00. The van der Waals surface area contributed by atoms with Crippen LogP contribution in [0.5, 0.6) is 0 Å². The highest BCUT2D eigenvalue weighted by molar-refractivity contribution is 5.95. The first-order valence-electron chi connectivity index (χ1n) is 7.63. The molecule has 21 heavy (non-hydrogen) atoms. The van der Waals surface area contributed by atoms with Gasteiger partial charge in [-0.25, -0.2) is 0 Å². The number of nitrogens with one attached hydrogen (secondary N) is 1. The third-order valence-electron chi connectivity index (χ3n) is 4.51. The molecule has 0 unspecified atom stereocenters. The summed E-state index contributed by atoms with van der Waals surface area (Å²) in [5.41, 5.74) is 10.1. The van der Waals surface area contributed by atoms with Gasteiger partial charge in [-0.15, -0.1) is 0 Å². The van der Waals surface area contributed by atoms with Gasteiger partial charge in [0.15, 0.2) is 0 Å². The number of nitrogen functional groups attached to an aromatic ring is 1. The molecule has 1 fully saturated rings. The van der Waals surface area contributed by atoms with E-state index in [9.17, 15) is 4.79 Å². The fourth-order valence-corrected chi connectivity index (χ4v) is 3.28. The van der Waals surface area contributed by atoms with Crippen LogP contribution in [0.2, 0.25) is 0 Å². The van der Waals surface area contributed by atoms with Crippen molar-refractivity contribution in [3.05, 3.63) is 17.7 Å². The molecule has 1 aromatic rings. The number of methoxy groups -OCH3 is 1. The first kappa shape index (κ1) is 14.2. The lowest BCUT2D eigenvalue weighted by Crippen LogP contribution is -2.35. The van der Waals surface area contributed by atoms with Gasteiger partial charge < -0.3 is 20.7 Å². The Morgan fingerprint density at radius 3 is 2.81 bits per heavy atom. The van der Waals surface area contributed by atoms with Crippen molar-refractivity contribution in [2.45, 2.75) is 25.7 Å². The fraction of sp³-hybridized carbons (Fsp3) is 0.562. The van der Waals surface area contributed by atoms with Crippen LogP contribution in [0.15, 0.2) is 12.1 Å². The monoisotopic (exact) mass is 289 g/mol. The van der Waals surface area contributed by atoms with Gasteiger partial charge in [0, 0.05) is 38.9 Å². The molecular weight excluding hydrogens is 266 g/mol. The number of hydrogen-bond donors (Lipinski definition) is 2. The topological polar surface area (TPSA) is 67.6 Å². The molecule has 2 heterocycles. The number of amides is 1. The van der Waals surface area contributed by atoms with Gasteiger partial charge in [-0.2, -0.15) is 0 Å². The zero-order valence-corrected chi connectivity index (χ0v) is 12.5. The number of carbonyl (C=O) groups excluding carboxylic acids is 1. The van der Waals surface area contributed by atoms with Gasteiger partial charge in [-0.05, 0) is 42.9 Å². The smallest absolute Gasteiger partial charge is 0.224 e. The van der Waals surface area contributed by atoms with E-state index in [1.807, 2.05) is 6.07 Å². The summed E-state index contributed by atoms with van der Waals surface area (Å²) in [5, 5.41) is 2.90. The highest BCUT2D eigenvalue weighted by Crippen LogP contribution is 2.35. The maximum absolute atomic E-state index is 11.4. The molecule has 0 atom stereocenters. The lowest BCUT2D eigenvalue weighted by atomic mass is 9.96. The maximum atomic E-state index is 11.4. The molecule has 2 aliphatic heterocycles. The number of carbonyl (C=O) groups is 1. The molecule has 0 saturated carbocycles. The van der Waals surface area contributed by atoms with Crippen LogP contribution in [0, 0.1) is 5.92 Å². The Morgan fingerprint density at radius 2 is 2.10 bits per heavy atom. The van der Waals surface area contributed by atoms with Crippen molar-refractivity contribution in [2.75, 3.05) is 42.8 Å². The Kier molecular flexibility index (Phi) is 4.01. The van der Waals surface area contributed by atoms with E-state index in [1.54, 1.807) is 7.11 Å². The van der Waals surface area contributed by atoms with Crippen LogP contribution in [-0.4, -0.2) is 32.7 Å². The molecule has 2 aliphatic rings. The van der Waals surface area contributed by atoms with Gasteiger partial charge in [0.25, 0.3) is 0 Å². The number of benzene rings is 1. The highest BCUT2D eigenvalue weighted by atomic mass is 16.5. The molecule has 0 spiro atoms. The predicted molar refractivity (Wildman–Crippen MR) is 84.6 cm³/mol. The second-order valence-corrected chi connectivity index (χ2v) is 6.00. The Morgan fingerprint density at radius 1 is 1.33 bits per heavy atom. The van der Waals surface area contributed by atoms with Crippen LogP contribution in [0.1, 0.15) is 24.8 Å². The number of anilines is 3. The molecule has 1 amide bonds. The summed E-state index contributed by atoms with van der Waals surface area (Å²) in [4.78, 5) is 13.8. The Labute approximate surface area is 125 Å². The van der Waals surface area contributed by atoms with Crippen molar-refractivity contribution >= 4 is 23.0 Å². The van der Waals surface area contributed by atoms with Crippen LogP contribution in [0.25, 0.3) is 0 Å². The number of nitrogens with two attached hydrogens (primary N) is 1. The standard InChI is InChI=1S/C16H23N3O2/c1-21-10-11-4-6-19(7-5-11)15-8-12-2-3-16(20)18-14(12)9-13(15)17/h8-9,11H,2-7,10,17H2,1H3,(H,18,20). The lowest BCUT2D eigenvalue weighted by Gasteiger charge is -2.34. The number of rotatable bonds is 3. The van der Waals surface area contributed by atoms with Crippen molar-refractivity contribution in [1.29, 1.82) is 0 Å². The van der Waals surface area contributed by atoms with Crippen molar-refractivity contribution in [2.24, 2.45) is 5.92 Å². The molecule has 0 radical (unpaired) electrons. The number of ether oxygens (including phenoxy) is 1. The van der Waals surface area contributed by atoms with Gasteiger partial charge in [-0.1, -0.05) is 0 Å². The summed E-state index contributed by atoms with van der Waals surface area (Å²) >= 11 is 0. The molecule has 1 saturated heterocycles. The Balaban J connectivity index is 1.76. The normalized spacial score (nSPS) is 19.3. The minimum absolute atomic E-state index is 0.0787. The SMILES string of the molecule is COCC1CCN(c2cc3c(cc2N)NC(=O)CC3)CC1. The highest BCUT2D eigenvalue weighted by Gasteiger charge is 2.23. The van der Waals surface area contributed by atoms with E-state index in [2.05, 4.69) is 16.3 Å². The lowest BCUT2D eigenvalue weighted by molar-refractivity contribution is -0.116. The van der Waals surface area contributed by atoms with Crippen LogP contribution in [-0.2, 0) is 16.0 Å². The summed E-state index contributed by atoms with van der Waals surface area (Å²) in [6, 6.07) is 4.06. The van der Waals surface area contributed by atoms with E-state index in [-0.39, 0.29) is 5.91 Å². The summed E-state index contributed by atoms with van der Waals surface area (Å²) in [7, 11) is 1.77. The maximum Gasteiger partial charge on any atom is 0.224 e. The summed E-state index contributed by atoms with van der Waals surface area (Å²) in [6.45, 7) is 2.88. The zero-order chi connectivity index (χ0) is 14.8. The van der Waals surface area contributed by atoms with E-state index in [0.29, 0.717) is 12.3 Å². The molecule has 0 aromatic heterocycles. The molecule has 0 bridgehead atoms. The van der Waals surface area contributed by atoms with Gasteiger partial charge in [0.05, 0.1) is 11.4 Å². The molecular formula is C16H23N3O2. The molecule has 3 N–H and O–H groups in total. The third-order valence-corrected chi connectivity index (χ3v) is 4.51. The summed E-state index contributed by atoms with van der Waals surface area (Å²) in [6.07, 6.45) is 3.64. The first-order chi connectivity index (χ1) is 10.2. The number of piperidine rings is 1. The minimum atomic E-state index is 0.0787. The largest absolute Gasteiger partial charge is 0.397 e. The van der Waals surface area contributed by atoms with Crippen LogP contribution in [0.3, 0.4) is 0 Å². The predicted octanol–water partition coefficient (Wildman–Crippen LogP) is 2.02. The Hall–Kier alpha value is -1.75. The number of aryl methyl sites for hydroxylation is 1. The van der Waals surface area contributed by atoms with Gasteiger partial charge in [0.1, 0.15) is 0 Å². The number of hydrogen-bond acceptors (Lipinski definition) is 4. The van der Waals surface area contributed by atoms with Crippen LogP contribution < -0.4 is 16.0 Å². The molecule has 0 aliphatic carbocycles. The van der Waals surface area contributed by atoms with Gasteiger partial charge in [0.2, 0.25) is 5.91 Å². The third kappa shape index (κ3) is 2.97. The quantitative estimate of drug-likeness (QED) is 0.835. The average Bonchev–Trinajstić information content (AvgIpc) is 2.48. The molecule has 1 aromatic carbocycles.